The monoisotopic (exact) mass is 372 g/mol. The van der Waals surface area contributed by atoms with Crippen molar-refractivity contribution in [2.75, 3.05) is 38.3 Å². The van der Waals surface area contributed by atoms with E-state index in [1.54, 1.807) is 31.6 Å². The fraction of sp³-hybridized carbons (Fsp3) is 0.333. The number of ether oxygens (including phenoxy) is 3. The number of nitrogens with zero attached hydrogens (tertiary/aromatic N) is 3. The molecule has 0 aliphatic carbocycles. The van der Waals surface area contributed by atoms with E-state index in [1.165, 1.54) is 4.90 Å². The fourth-order valence-corrected chi connectivity index (χ4v) is 2.39. The first-order chi connectivity index (χ1) is 13.1. The van der Waals surface area contributed by atoms with Gasteiger partial charge in [-0.25, -0.2) is 9.97 Å². The van der Waals surface area contributed by atoms with Crippen molar-refractivity contribution in [3.63, 3.8) is 0 Å². The average Bonchev–Trinajstić information content (AvgIpc) is 2.71. The summed E-state index contributed by atoms with van der Waals surface area (Å²) in [7, 11) is 1.66. The van der Waals surface area contributed by atoms with E-state index in [0.29, 0.717) is 24.1 Å². The number of carbonyl (C=O) groups is 2. The number of aromatic nitrogens is 2. The van der Waals surface area contributed by atoms with Gasteiger partial charge in [0.2, 0.25) is 5.95 Å². The zero-order chi connectivity index (χ0) is 19.1. The predicted molar refractivity (Wildman–Crippen MR) is 95.6 cm³/mol. The Kier molecular flexibility index (Phi) is 6.03. The van der Waals surface area contributed by atoms with Gasteiger partial charge in [-0.3, -0.25) is 9.59 Å². The summed E-state index contributed by atoms with van der Waals surface area (Å²) in [5.74, 6) is 0.755. The topological polar surface area (TPSA) is 103 Å². The SMILES string of the molecule is CN(CC(=O)OCC(=O)NC[C@H]1COc2ccccc2O1)c1ncccn1. The number of likely N-dealkylation sites (N-methyl/N-ethyl adjacent to an activating group) is 1. The van der Waals surface area contributed by atoms with Crippen molar-refractivity contribution >= 4 is 17.8 Å². The van der Waals surface area contributed by atoms with Gasteiger partial charge in [-0.2, -0.15) is 0 Å². The summed E-state index contributed by atoms with van der Waals surface area (Å²) in [6, 6.07) is 9.01. The molecule has 2 aromatic rings. The summed E-state index contributed by atoms with van der Waals surface area (Å²) >= 11 is 0. The van der Waals surface area contributed by atoms with Crippen LogP contribution in [0.3, 0.4) is 0 Å². The van der Waals surface area contributed by atoms with E-state index in [4.69, 9.17) is 14.2 Å². The molecule has 0 saturated carbocycles. The third-order valence-corrected chi connectivity index (χ3v) is 3.72. The molecule has 0 spiro atoms. The first-order valence-corrected chi connectivity index (χ1v) is 8.41. The maximum Gasteiger partial charge on any atom is 0.326 e. The second kappa shape index (κ2) is 8.84. The number of esters is 1. The number of hydrogen-bond acceptors (Lipinski definition) is 8. The number of hydrogen-bond donors (Lipinski definition) is 1. The normalized spacial score (nSPS) is 14.9. The average molecular weight is 372 g/mol. The Bertz CT molecular complexity index is 786. The molecular formula is C18H20N4O5. The number of anilines is 1. The molecule has 1 aromatic carbocycles. The number of nitrogens with one attached hydrogen (secondary N) is 1. The van der Waals surface area contributed by atoms with Crippen LogP contribution in [-0.2, 0) is 14.3 Å². The molecule has 0 bridgehead atoms. The van der Waals surface area contributed by atoms with Crippen LogP contribution < -0.4 is 19.7 Å². The highest BCUT2D eigenvalue weighted by Gasteiger charge is 2.21. The number of rotatable bonds is 7. The molecule has 1 amide bonds. The Morgan fingerprint density at radius 3 is 2.74 bits per heavy atom. The lowest BCUT2D eigenvalue weighted by Gasteiger charge is -2.26. The minimum absolute atomic E-state index is 0.0619. The van der Waals surface area contributed by atoms with Gasteiger partial charge in [0.25, 0.3) is 5.91 Å². The van der Waals surface area contributed by atoms with E-state index < -0.39 is 11.9 Å². The summed E-state index contributed by atoms with van der Waals surface area (Å²) < 4.78 is 16.3. The molecule has 1 aliphatic rings. The molecule has 1 aromatic heterocycles. The predicted octanol–water partition coefficient (Wildman–Crippen LogP) is 0.412. The molecule has 0 unspecified atom stereocenters. The zero-order valence-corrected chi connectivity index (χ0v) is 14.8. The van der Waals surface area contributed by atoms with Crippen molar-refractivity contribution in [1.82, 2.24) is 15.3 Å². The molecule has 3 rings (SSSR count). The Morgan fingerprint density at radius 2 is 1.96 bits per heavy atom. The van der Waals surface area contributed by atoms with Crippen LogP contribution in [-0.4, -0.2) is 61.3 Å². The Labute approximate surface area is 156 Å². The van der Waals surface area contributed by atoms with Crippen LogP contribution in [0.25, 0.3) is 0 Å². The van der Waals surface area contributed by atoms with Gasteiger partial charge in [-0.15, -0.1) is 0 Å². The molecular weight excluding hydrogens is 352 g/mol. The number of carbonyl (C=O) groups excluding carboxylic acids is 2. The minimum Gasteiger partial charge on any atom is -0.486 e. The Hall–Kier alpha value is -3.36. The van der Waals surface area contributed by atoms with Crippen LogP contribution in [0, 0.1) is 0 Å². The van der Waals surface area contributed by atoms with Gasteiger partial charge in [-0.05, 0) is 18.2 Å². The van der Waals surface area contributed by atoms with Crippen LogP contribution in [0.15, 0.2) is 42.7 Å². The highest BCUT2D eigenvalue weighted by molar-refractivity contribution is 5.81. The Balaban J connectivity index is 1.36. The van der Waals surface area contributed by atoms with E-state index in [1.807, 2.05) is 18.2 Å². The third-order valence-electron chi connectivity index (χ3n) is 3.72. The van der Waals surface area contributed by atoms with Gasteiger partial charge in [0.05, 0.1) is 6.54 Å². The van der Waals surface area contributed by atoms with Gasteiger partial charge in [0.1, 0.15) is 19.3 Å². The lowest BCUT2D eigenvalue weighted by Crippen LogP contribution is -2.42. The van der Waals surface area contributed by atoms with Crippen molar-refractivity contribution < 1.29 is 23.8 Å². The smallest absolute Gasteiger partial charge is 0.326 e. The molecule has 9 heteroatoms. The third kappa shape index (κ3) is 5.30. The van der Waals surface area contributed by atoms with E-state index in [-0.39, 0.29) is 25.8 Å². The lowest BCUT2D eigenvalue weighted by molar-refractivity contribution is -0.147. The first kappa shape index (κ1) is 18.4. The molecule has 27 heavy (non-hydrogen) atoms. The number of amides is 1. The van der Waals surface area contributed by atoms with E-state index in [0.717, 1.165) is 0 Å². The van der Waals surface area contributed by atoms with Crippen molar-refractivity contribution in [3.8, 4) is 11.5 Å². The number of benzene rings is 1. The van der Waals surface area contributed by atoms with E-state index >= 15 is 0 Å². The van der Waals surface area contributed by atoms with Crippen LogP contribution in [0.1, 0.15) is 0 Å². The maximum atomic E-state index is 11.9. The van der Waals surface area contributed by atoms with Crippen molar-refractivity contribution in [3.05, 3.63) is 42.7 Å². The molecule has 1 aliphatic heterocycles. The lowest BCUT2D eigenvalue weighted by atomic mass is 10.2. The molecule has 1 atom stereocenters. The first-order valence-electron chi connectivity index (χ1n) is 8.41. The number of fused-ring (bicyclic) bond motifs is 1. The molecule has 9 nitrogen and oxygen atoms in total. The van der Waals surface area contributed by atoms with Gasteiger partial charge in [0.15, 0.2) is 18.1 Å². The summed E-state index contributed by atoms with van der Waals surface area (Å²) in [5, 5.41) is 2.66. The maximum absolute atomic E-state index is 11.9. The van der Waals surface area contributed by atoms with E-state index in [9.17, 15) is 9.59 Å². The summed E-state index contributed by atoms with van der Waals surface area (Å²) in [5.41, 5.74) is 0. The molecule has 142 valence electrons. The van der Waals surface area contributed by atoms with Crippen molar-refractivity contribution in [1.29, 1.82) is 0 Å². The molecule has 0 fully saturated rings. The summed E-state index contributed by atoms with van der Waals surface area (Å²) in [6.07, 6.45) is 2.85. The van der Waals surface area contributed by atoms with E-state index in [2.05, 4.69) is 15.3 Å². The largest absolute Gasteiger partial charge is 0.486 e. The summed E-state index contributed by atoms with van der Waals surface area (Å²) in [6.45, 7) is 0.154. The molecule has 2 heterocycles. The van der Waals surface area contributed by atoms with Crippen LogP contribution in [0.4, 0.5) is 5.95 Å². The molecule has 1 N–H and O–H groups in total. The molecule has 0 saturated heterocycles. The zero-order valence-electron chi connectivity index (χ0n) is 14.8. The quantitative estimate of drug-likeness (QED) is 0.698. The summed E-state index contributed by atoms with van der Waals surface area (Å²) in [4.78, 5) is 33.3. The van der Waals surface area contributed by atoms with Gasteiger partial charge in [0, 0.05) is 19.4 Å². The second-order valence-electron chi connectivity index (χ2n) is 5.87. The van der Waals surface area contributed by atoms with Crippen LogP contribution in [0.2, 0.25) is 0 Å². The van der Waals surface area contributed by atoms with Gasteiger partial charge in [-0.1, -0.05) is 12.1 Å². The van der Waals surface area contributed by atoms with Crippen molar-refractivity contribution in [2.24, 2.45) is 0 Å². The highest BCUT2D eigenvalue weighted by Crippen LogP contribution is 2.30. The number of para-hydroxylation sites is 2. The van der Waals surface area contributed by atoms with Gasteiger partial charge < -0.3 is 24.4 Å². The highest BCUT2D eigenvalue weighted by atomic mass is 16.6. The second-order valence-corrected chi connectivity index (χ2v) is 5.87. The van der Waals surface area contributed by atoms with Crippen LogP contribution >= 0.6 is 0 Å². The van der Waals surface area contributed by atoms with Gasteiger partial charge >= 0.3 is 5.97 Å². The standard InChI is InChI=1S/C18H20N4O5/c1-22(18-19-7-4-8-20-18)10-17(24)26-12-16(23)21-9-13-11-25-14-5-2-3-6-15(14)27-13/h2-8,13H,9-12H2,1H3,(H,21,23)/t13-/m0/s1. The van der Waals surface area contributed by atoms with Crippen LogP contribution in [0.5, 0.6) is 11.5 Å². The fourth-order valence-electron chi connectivity index (χ4n) is 2.39. The Morgan fingerprint density at radius 1 is 1.22 bits per heavy atom. The minimum atomic E-state index is -0.550. The van der Waals surface area contributed by atoms with Crippen molar-refractivity contribution in [2.45, 2.75) is 6.10 Å². The molecule has 0 radical (unpaired) electrons.